The SMILES string of the molecule is CCOc1no[n+]([O-])c1-c1ccccc1.Cl. The van der Waals surface area contributed by atoms with E-state index >= 15 is 0 Å². The minimum absolute atomic E-state index is 0. The van der Waals surface area contributed by atoms with Crippen LogP contribution in [0.15, 0.2) is 35.0 Å². The Kier molecular flexibility index (Phi) is 4.13. The molecule has 0 aliphatic carbocycles. The van der Waals surface area contributed by atoms with Gasteiger partial charge in [0, 0.05) is 5.56 Å². The number of aromatic nitrogens is 2. The van der Waals surface area contributed by atoms with E-state index in [0.717, 1.165) is 5.56 Å². The fourth-order valence-electron chi connectivity index (χ4n) is 1.29. The Morgan fingerprint density at radius 3 is 2.69 bits per heavy atom. The molecule has 0 bridgehead atoms. The highest BCUT2D eigenvalue weighted by Gasteiger charge is 2.21. The number of benzene rings is 1. The predicted molar refractivity (Wildman–Crippen MR) is 59.3 cm³/mol. The number of halogens is 1. The van der Waals surface area contributed by atoms with Gasteiger partial charge in [-0.3, -0.25) is 4.63 Å². The number of rotatable bonds is 3. The summed E-state index contributed by atoms with van der Waals surface area (Å²) in [6, 6.07) is 9.12. The maximum Gasteiger partial charge on any atom is 0.402 e. The largest absolute Gasteiger partial charge is 0.455 e. The van der Waals surface area contributed by atoms with E-state index in [1.165, 1.54) is 0 Å². The van der Waals surface area contributed by atoms with Gasteiger partial charge in [-0.1, -0.05) is 30.3 Å². The lowest BCUT2D eigenvalue weighted by Gasteiger charge is -1.98. The zero-order valence-electron chi connectivity index (χ0n) is 8.62. The van der Waals surface area contributed by atoms with Gasteiger partial charge in [0.15, 0.2) is 0 Å². The molecule has 0 amide bonds. The van der Waals surface area contributed by atoms with Gasteiger partial charge in [0.2, 0.25) is 0 Å². The summed E-state index contributed by atoms with van der Waals surface area (Å²) in [4.78, 5) is 0.348. The molecule has 0 saturated carbocycles. The van der Waals surface area contributed by atoms with E-state index in [4.69, 9.17) is 4.74 Å². The minimum Gasteiger partial charge on any atom is -0.455 e. The van der Waals surface area contributed by atoms with Crippen molar-refractivity contribution < 1.29 is 14.3 Å². The average molecular weight is 243 g/mol. The summed E-state index contributed by atoms with van der Waals surface area (Å²) in [6.07, 6.45) is 0. The lowest BCUT2D eigenvalue weighted by Crippen LogP contribution is -2.25. The van der Waals surface area contributed by atoms with Crippen molar-refractivity contribution in [2.45, 2.75) is 6.92 Å². The molecule has 16 heavy (non-hydrogen) atoms. The van der Waals surface area contributed by atoms with Crippen molar-refractivity contribution in [2.24, 2.45) is 0 Å². The van der Waals surface area contributed by atoms with Gasteiger partial charge in [0.1, 0.15) is 0 Å². The van der Waals surface area contributed by atoms with Gasteiger partial charge in [-0.2, -0.15) is 0 Å². The van der Waals surface area contributed by atoms with Crippen molar-refractivity contribution in [3.63, 3.8) is 0 Å². The third kappa shape index (κ3) is 2.25. The molecule has 2 rings (SSSR count). The highest BCUT2D eigenvalue weighted by atomic mass is 35.5. The molecule has 0 atom stereocenters. The smallest absolute Gasteiger partial charge is 0.402 e. The maximum absolute atomic E-state index is 11.3. The highest BCUT2D eigenvalue weighted by Crippen LogP contribution is 2.23. The van der Waals surface area contributed by atoms with Crippen LogP contribution in [-0.2, 0) is 0 Å². The minimum atomic E-state index is 0. The first kappa shape index (κ1) is 12.3. The molecule has 0 aliphatic heterocycles. The van der Waals surface area contributed by atoms with E-state index in [0.29, 0.717) is 17.2 Å². The van der Waals surface area contributed by atoms with Crippen LogP contribution in [0.2, 0.25) is 0 Å². The Labute approximate surface area is 98.6 Å². The van der Waals surface area contributed by atoms with Gasteiger partial charge >= 0.3 is 5.88 Å². The van der Waals surface area contributed by atoms with Crippen LogP contribution in [-0.4, -0.2) is 11.8 Å². The molecule has 0 aliphatic rings. The van der Waals surface area contributed by atoms with Crippen LogP contribution in [0.1, 0.15) is 6.92 Å². The van der Waals surface area contributed by atoms with Crippen molar-refractivity contribution in [1.82, 2.24) is 5.16 Å². The standard InChI is InChI=1S/C10H10N2O3.ClH/c1-2-14-10-9(12(13)15-11-10)8-6-4-3-5-7-8;/h3-7H,2H2,1H3;1H. The van der Waals surface area contributed by atoms with Gasteiger partial charge in [0.05, 0.1) is 11.8 Å². The van der Waals surface area contributed by atoms with Gasteiger partial charge in [0.25, 0.3) is 5.69 Å². The molecule has 0 radical (unpaired) electrons. The van der Waals surface area contributed by atoms with Crippen molar-refractivity contribution in [1.29, 1.82) is 0 Å². The van der Waals surface area contributed by atoms with E-state index in [1.807, 2.05) is 25.1 Å². The first-order valence-corrected chi connectivity index (χ1v) is 4.61. The van der Waals surface area contributed by atoms with Gasteiger partial charge in [-0.05, 0) is 11.8 Å². The Hall–Kier alpha value is -1.75. The van der Waals surface area contributed by atoms with E-state index in [2.05, 4.69) is 9.79 Å². The molecule has 5 nitrogen and oxygen atoms in total. The van der Waals surface area contributed by atoms with Gasteiger partial charge in [-0.25, -0.2) is 0 Å². The van der Waals surface area contributed by atoms with Crippen molar-refractivity contribution >= 4 is 12.4 Å². The molecule has 1 aromatic carbocycles. The first-order valence-electron chi connectivity index (χ1n) is 4.61. The normalized spacial score (nSPS) is 9.56. The second-order valence-corrected chi connectivity index (χ2v) is 2.88. The molecule has 1 heterocycles. The molecule has 0 fully saturated rings. The third-order valence-corrected chi connectivity index (χ3v) is 1.91. The molecule has 0 unspecified atom stereocenters. The van der Waals surface area contributed by atoms with Crippen molar-refractivity contribution in [3.8, 4) is 17.1 Å². The summed E-state index contributed by atoms with van der Waals surface area (Å²) in [5, 5.41) is 14.9. The summed E-state index contributed by atoms with van der Waals surface area (Å²) in [5.41, 5.74) is 1.02. The topological polar surface area (TPSA) is 62.2 Å². The van der Waals surface area contributed by atoms with E-state index in [9.17, 15) is 5.21 Å². The molecular weight excluding hydrogens is 232 g/mol. The Morgan fingerprint density at radius 2 is 2.06 bits per heavy atom. The van der Waals surface area contributed by atoms with Crippen LogP contribution < -0.4 is 9.64 Å². The summed E-state index contributed by atoms with van der Waals surface area (Å²) < 4.78 is 9.68. The van der Waals surface area contributed by atoms with E-state index in [-0.39, 0.29) is 18.3 Å². The second kappa shape index (κ2) is 5.37. The van der Waals surface area contributed by atoms with Crippen LogP contribution in [0.3, 0.4) is 0 Å². The number of nitrogens with zero attached hydrogens (tertiary/aromatic N) is 2. The van der Waals surface area contributed by atoms with Crippen molar-refractivity contribution in [3.05, 3.63) is 35.5 Å². The van der Waals surface area contributed by atoms with Crippen LogP contribution in [0.25, 0.3) is 11.3 Å². The summed E-state index contributed by atoms with van der Waals surface area (Å²) in [5.74, 6) is 0.221. The summed E-state index contributed by atoms with van der Waals surface area (Å²) in [7, 11) is 0. The average Bonchev–Trinajstić information content (AvgIpc) is 2.62. The molecule has 86 valence electrons. The fourth-order valence-corrected chi connectivity index (χ4v) is 1.29. The fraction of sp³-hybridized carbons (Fsp3) is 0.200. The van der Waals surface area contributed by atoms with Crippen LogP contribution in [0, 0.1) is 5.21 Å². The van der Waals surface area contributed by atoms with Gasteiger partial charge < -0.3 is 9.94 Å². The zero-order valence-corrected chi connectivity index (χ0v) is 9.44. The summed E-state index contributed by atoms with van der Waals surface area (Å²) >= 11 is 0. The van der Waals surface area contributed by atoms with Crippen LogP contribution >= 0.6 is 12.4 Å². The molecule has 0 N–H and O–H groups in total. The number of ether oxygens (including phenoxy) is 1. The Morgan fingerprint density at radius 1 is 1.38 bits per heavy atom. The van der Waals surface area contributed by atoms with Gasteiger partial charge in [-0.15, -0.1) is 12.4 Å². The molecule has 0 spiro atoms. The quantitative estimate of drug-likeness (QED) is 0.770. The lowest BCUT2D eigenvalue weighted by atomic mass is 10.2. The molecule has 2 aromatic rings. The molecule has 1 aromatic heterocycles. The predicted octanol–water partition coefficient (Wildman–Crippen LogP) is 1.80. The monoisotopic (exact) mass is 242 g/mol. The van der Waals surface area contributed by atoms with E-state index < -0.39 is 0 Å². The third-order valence-electron chi connectivity index (χ3n) is 1.91. The Bertz CT molecular complexity index is 445. The molecular formula is C10H11ClN2O3. The number of hydrogen-bond donors (Lipinski definition) is 0. The summed E-state index contributed by atoms with van der Waals surface area (Å²) in [6.45, 7) is 2.25. The number of hydrogen-bond acceptors (Lipinski definition) is 4. The zero-order chi connectivity index (χ0) is 10.7. The van der Waals surface area contributed by atoms with Crippen molar-refractivity contribution in [2.75, 3.05) is 6.61 Å². The Balaban J connectivity index is 0.00000128. The van der Waals surface area contributed by atoms with E-state index in [1.54, 1.807) is 12.1 Å². The maximum atomic E-state index is 11.3. The van der Waals surface area contributed by atoms with Crippen LogP contribution in [0.5, 0.6) is 5.88 Å². The first-order chi connectivity index (χ1) is 7.33. The second-order valence-electron chi connectivity index (χ2n) is 2.88. The highest BCUT2D eigenvalue weighted by molar-refractivity contribution is 5.85. The lowest BCUT2D eigenvalue weighted by molar-refractivity contribution is -0.793. The molecule has 6 heteroatoms. The van der Waals surface area contributed by atoms with Crippen LogP contribution in [0.4, 0.5) is 0 Å². The molecule has 0 saturated heterocycles.